The molecule has 0 radical (unpaired) electrons. The summed E-state index contributed by atoms with van der Waals surface area (Å²) in [4.78, 5) is 28.4. The molecule has 0 saturated carbocycles. The molecule has 2 N–H and O–H groups in total. The lowest BCUT2D eigenvalue weighted by Crippen LogP contribution is -2.48. The largest absolute Gasteiger partial charge is 0.484 e. The molecule has 0 aliphatic carbocycles. The lowest BCUT2D eigenvalue weighted by Gasteiger charge is -2.35. The van der Waals surface area contributed by atoms with Crippen LogP contribution in [-0.2, 0) is 19.6 Å². The molecular formula is C21H25N5O6S2. The van der Waals surface area contributed by atoms with Gasteiger partial charge < -0.3 is 14.8 Å². The second-order valence-corrected chi connectivity index (χ2v) is 11.4. The number of sulfonamides is 1. The van der Waals surface area contributed by atoms with Gasteiger partial charge in [-0.05, 0) is 39.0 Å². The Morgan fingerprint density at radius 3 is 2.79 bits per heavy atom. The highest BCUT2D eigenvalue weighted by molar-refractivity contribution is 7.92. The van der Waals surface area contributed by atoms with Gasteiger partial charge >= 0.3 is 6.09 Å². The number of ether oxygens (including phenoxy) is 2. The van der Waals surface area contributed by atoms with E-state index in [1.807, 2.05) is 0 Å². The zero-order valence-corrected chi connectivity index (χ0v) is 20.7. The van der Waals surface area contributed by atoms with Gasteiger partial charge in [0.2, 0.25) is 5.91 Å². The second kappa shape index (κ2) is 8.80. The van der Waals surface area contributed by atoms with Crippen molar-refractivity contribution in [3.63, 3.8) is 0 Å². The van der Waals surface area contributed by atoms with E-state index in [0.29, 0.717) is 16.4 Å². The first-order chi connectivity index (χ1) is 15.9. The second-order valence-electron chi connectivity index (χ2n) is 8.67. The summed E-state index contributed by atoms with van der Waals surface area (Å²) in [7, 11) is -4.07. The number of hydrogen-bond donors (Lipinski definition) is 2. The smallest absolute Gasteiger partial charge is 0.412 e. The number of rotatable bonds is 5. The Labute approximate surface area is 200 Å². The number of imidazole rings is 1. The van der Waals surface area contributed by atoms with E-state index in [-0.39, 0.29) is 29.7 Å². The summed E-state index contributed by atoms with van der Waals surface area (Å²) in [6.45, 7) is 6.68. The molecule has 1 aliphatic heterocycles. The van der Waals surface area contributed by atoms with Crippen LogP contribution >= 0.6 is 11.3 Å². The molecule has 1 aliphatic rings. The Kier molecular flexibility index (Phi) is 6.16. The fourth-order valence-corrected chi connectivity index (χ4v) is 5.73. The van der Waals surface area contributed by atoms with Crippen molar-refractivity contribution in [1.82, 2.24) is 14.7 Å². The number of fused-ring (bicyclic) bond motifs is 2. The normalized spacial score (nSPS) is 16.0. The van der Waals surface area contributed by atoms with Gasteiger partial charge in [0, 0.05) is 24.2 Å². The fraction of sp³-hybridized carbons (Fsp3) is 0.381. The molecule has 13 heteroatoms. The van der Waals surface area contributed by atoms with Gasteiger partial charge in [0.05, 0.1) is 25.0 Å². The molecule has 182 valence electrons. The van der Waals surface area contributed by atoms with Crippen molar-refractivity contribution >= 4 is 49.7 Å². The number of aromatic nitrogens is 2. The third-order valence-corrected chi connectivity index (χ3v) is 7.31. The molecule has 3 heterocycles. The number of nitrogens with zero attached hydrogens (tertiary/aromatic N) is 3. The van der Waals surface area contributed by atoms with E-state index in [1.54, 1.807) is 44.5 Å². The van der Waals surface area contributed by atoms with E-state index >= 15 is 0 Å². The lowest BCUT2D eigenvalue weighted by molar-refractivity contribution is -0.119. The van der Waals surface area contributed by atoms with Crippen molar-refractivity contribution in [2.45, 2.75) is 44.4 Å². The zero-order chi connectivity index (χ0) is 24.7. The first kappa shape index (κ1) is 23.8. The molecule has 2 amide bonds. The Hall–Kier alpha value is -3.32. The lowest BCUT2D eigenvalue weighted by atomic mass is 10.2. The summed E-state index contributed by atoms with van der Waals surface area (Å²) in [5.41, 5.74) is -0.106. The first-order valence-electron chi connectivity index (χ1n) is 10.4. The van der Waals surface area contributed by atoms with Crippen molar-refractivity contribution < 1.29 is 27.5 Å². The number of amides is 2. The minimum atomic E-state index is -4.07. The average molecular weight is 508 g/mol. The van der Waals surface area contributed by atoms with Crippen LogP contribution in [0, 0.1) is 0 Å². The van der Waals surface area contributed by atoms with E-state index in [9.17, 15) is 18.0 Å². The first-order valence-corrected chi connectivity index (χ1v) is 12.7. The molecule has 0 fully saturated rings. The van der Waals surface area contributed by atoms with Gasteiger partial charge in [0.25, 0.3) is 10.0 Å². The number of carbonyl (C=O) groups excluding carboxylic acids is 2. The molecule has 1 aromatic carbocycles. The Morgan fingerprint density at radius 2 is 2.09 bits per heavy atom. The molecule has 11 nitrogen and oxygen atoms in total. The summed E-state index contributed by atoms with van der Waals surface area (Å²) in [5, 5.41) is 7.03. The van der Waals surface area contributed by atoms with Crippen LogP contribution in [0.1, 0.15) is 27.7 Å². The van der Waals surface area contributed by atoms with Gasteiger partial charge in [0.1, 0.15) is 17.5 Å². The maximum Gasteiger partial charge on any atom is 0.412 e. The van der Waals surface area contributed by atoms with Crippen LogP contribution in [0.15, 0.2) is 41.0 Å². The van der Waals surface area contributed by atoms with Crippen molar-refractivity contribution in [2.24, 2.45) is 0 Å². The zero-order valence-electron chi connectivity index (χ0n) is 19.1. The van der Waals surface area contributed by atoms with Crippen LogP contribution in [-0.4, -0.2) is 54.6 Å². The predicted octanol–water partition coefficient (Wildman–Crippen LogP) is 2.84. The monoisotopic (exact) mass is 507 g/mol. The topological polar surface area (TPSA) is 131 Å². The summed E-state index contributed by atoms with van der Waals surface area (Å²) in [5.74, 6) is 0.0440. The van der Waals surface area contributed by atoms with E-state index in [4.69, 9.17) is 9.47 Å². The molecule has 1 atom stereocenters. The minimum absolute atomic E-state index is 0.000353. The van der Waals surface area contributed by atoms with Crippen LogP contribution in [0.3, 0.4) is 0 Å². The van der Waals surface area contributed by atoms with Crippen molar-refractivity contribution in [3.8, 4) is 5.75 Å². The highest BCUT2D eigenvalue weighted by Crippen LogP contribution is 2.39. The quantitative estimate of drug-likeness (QED) is 0.543. The third-order valence-electron chi connectivity index (χ3n) is 4.78. The van der Waals surface area contributed by atoms with Crippen LogP contribution in [0.2, 0.25) is 0 Å². The van der Waals surface area contributed by atoms with Crippen LogP contribution in [0.5, 0.6) is 5.75 Å². The average Bonchev–Trinajstić information content (AvgIpc) is 3.34. The summed E-state index contributed by atoms with van der Waals surface area (Å²) in [6.07, 6.45) is 1.65. The van der Waals surface area contributed by atoms with Crippen molar-refractivity contribution in [3.05, 3.63) is 36.0 Å². The minimum Gasteiger partial charge on any atom is -0.484 e. The summed E-state index contributed by atoms with van der Waals surface area (Å²) >= 11 is 1.32. The van der Waals surface area contributed by atoms with Crippen LogP contribution in [0.25, 0.3) is 4.96 Å². The number of thiazole rings is 1. The number of carbonyl (C=O) groups is 2. The molecule has 2 aromatic heterocycles. The van der Waals surface area contributed by atoms with Gasteiger partial charge in [-0.15, -0.1) is 11.3 Å². The maximum absolute atomic E-state index is 13.7. The van der Waals surface area contributed by atoms with Gasteiger partial charge in [-0.2, -0.15) is 8.42 Å². The third kappa shape index (κ3) is 4.94. The summed E-state index contributed by atoms with van der Waals surface area (Å²) in [6, 6.07) is 4.67. The van der Waals surface area contributed by atoms with E-state index in [0.717, 1.165) is 0 Å². The Balaban J connectivity index is 1.71. The van der Waals surface area contributed by atoms with Crippen molar-refractivity contribution in [1.29, 1.82) is 0 Å². The summed E-state index contributed by atoms with van der Waals surface area (Å²) < 4.78 is 41.4. The van der Waals surface area contributed by atoms with Gasteiger partial charge in [-0.3, -0.25) is 18.8 Å². The fourth-order valence-electron chi connectivity index (χ4n) is 3.41. The van der Waals surface area contributed by atoms with Crippen LogP contribution < -0.4 is 19.7 Å². The number of anilines is 2. The van der Waals surface area contributed by atoms with Gasteiger partial charge in [0.15, 0.2) is 9.99 Å². The molecule has 4 rings (SSSR count). The standard InChI is InChI=1S/C21H25N5O6S2/c1-13(27)22-10-15-12-26(34(29,30)18-11-23-19-25(18)7-8-33-19)16-9-14(5-6-17(16)31-15)24-20(28)32-21(2,3)4/h5-9,11,15H,10,12H2,1-4H3,(H,22,27)(H,24,28)/t15-/m0/s1. The number of hydrogen-bond acceptors (Lipinski definition) is 8. The van der Waals surface area contributed by atoms with Crippen molar-refractivity contribution in [2.75, 3.05) is 22.7 Å². The van der Waals surface area contributed by atoms with Gasteiger partial charge in [-0.25, -0.2) is 9.78 Å². The highest BCUT2D eigenvalue weighted by Gasteiger charge is 2.37. The molecule has 3 aromatic rings. The number of benzene rings is 1. The SMILES string of the molecule is CC(=O)NC[C@H]1CN(S(=O)(=O)c2cnc3sccn23)c2cc(NC(=O)OC(C)(C)C)ccc2O1. The van der Waals surface area contributed by atoms with E-state index < -0.39 is 27.8 Å². The molecule has 0 saturated heterocycles. The molecule has 0 bridgehead atoms. The molecule has 0 unspecified atom stereocenters. The Morgan fingerprint density at radius 1 is 1.32 bits per heavy atom. The maximum atomic E-state index is 13.7. The Bertz CT molecular complexity index is 1340. The van der Waals surface area contributed by atoms with E-state index in [1.165, 1.54) is 39.2 Å². The number of nitrogens with one attached hydrogen (secondary N) is 2. The molecular weight excluding hydrogens is 482 g/mol. The van der Waals surface area contributed by atoms with Crippen LogP contribution in [0.4, 0.5) is 16.2 Å². The highest BCUT2D eigenvalue weighted by atomic mass is 32.2. The molecule has 0 spiro atoms. The van der Waals surface area contributed by atoms with Gasteiger partial charge in [-0.1, -0.05) is 0 Å². The van der Waals surface area contributed by atoms with E-state index in [2.05, 4.69) is 15.6 Å². The predicted molar refractivity (Wildman–Crippen MR) is 127 cm³/mol. The molecule has 34 heavy (non-hydrogen) atoms.